The topological polar surface area (TPSA) is 122 Å². The van der Waals surface area contributed by atoms with Gasteiger partial charge < -0.3 is 10.1 Å². The summed E-state index contributed by atoms with van der Waals surface area (Å²) in [5.41, 5.74) is 2.78. The predicted octanol–water partition coefficient (Wildman–Crippen LogP) is 4.11. The van der Waals surface area contributed by atoms with E-state index in [1.54, 1.807) is 31.2 Å². The summed E-state index contributed by atoms with van der Waals surface area (Å²) in [7, 11) is -3.81. The normalized spacial score (nSPS) is 17.7. The van der Waals surface area contributed by atoms with Gasteiger partial charge in [0.05, 0.1) is 17.4 Å². The molecule has 172 valence electrons. The molecule has 0 heterocycles. The summed E-state index contributed by atoms with van der Waals surface area (Å²) < 4.78 is 29.0. The number of sulfonamides is 1. The van der Waals surface area contributed by atoms with E-state index in [1.807, 2.05) is 25.1 Å². The van der Waals surface area contributed by atoms with Crippen LogP contribution in [0.4, 0.5) is 5.69 Å². The first-order valence-corrected chi connectivity index (χ1v) is 12.2. The number of anilines is 1. The van der Waals surface area contributed by atoms with Crippen LogP contribution in [0.1, 0.15) is 30.0 Å². The lowest BCUT2D eigenvalue weighted by molar-refractivity contribution is -0.115. The van der Waals surface area contributed by atoms with E-state index in [9.17, 15) is 18.5 Å². The molecule has 3 N–H and O–H groups in total. The molecule has 1 atom stereocenters. The number of nitrogens with zero attached hydrogens (tertiary/aromatic N) is 1. The number of amides is 1. The minimum Gasteiger partial charge on any atom is -0.461 e. The van der Waals surface area contributed by atoms with E-state index >= 15 is 0 Å². The van der Waals surface area contributed by atoms with Crippen LogP contribution in [-0.2, 0) is 27.7 Å². The largest absolute Gasteiger partial charge is 0.461 e. The van der Waals surface area contributed by atoms with Gasteiger partial charge in [-0.2, -0.15) is 5.26 Å². The first kappa shape index (κ1) is 24.5. The fraction of sp³-hybridized carbons (Fsp3) is 0.250. The molecule has 2 aromatic carbocycles. The van der Waals surface area contributed by atoms with Gasteiger partial charge in [0.15, 0.2) is 4.87 Å². The first-order chi connectivity index (χ1) is 15.5. The van der Waals surface area contributed by atoms with E-state index in [4.69, 9.17) is 21.5 Å². The molecule has 0 bridgehead atoms. The molecule has 0 radical (unpaired) electrons. The fourth-order valence-electron chi connectivity index (χ4n) is 3.40. The predicted molar refractivity (Wildman–Crippen MR) is 127 cm³/mol. The van der Waals surface area contributed by atoms with Gasteiger partial charge in [-0.3, -0.25) is 4.79 Å². The monoisotopic (exact) mass is 485 g/mol. The Morgan fingerprint density at radius 1 is 1.30 bits per heavy atom. The summed E-state index contributed by atoms with van der Waals surface area (Å²) in [6, 6.07) is 11.9. The number of rotatable bonds is 7. The van der Waals surface area contributed by atoms with E-state index < -0.39 is 14.9 Å². The number of hydrogen-bond acceptors (Lipinski definition) is 5. The van der Waals surface area contributed by atoms with E-state index in [2.05, 4.69) is 5.32 Å². The molecule has 2 aromatic rings. The summed E-state index contributed by atoms with van der Waals surface area (Å²) in [6.07, 6.45) is 6.33. The van der Waals surface area contributed by atoms with Crippen molar-refractivity contribution in [1.29, 1.82) is 5.26 Å². The molecule has 33 heavy (non-hydrogen) atoms. The molecule has 1 amide bonds. The summed E-state index contributed by atoms with van der Waals surface area (Å²) in [5.74, 6) is 0.909. The number of carbonyl (C=O) groups is 1. The number of carbonyl (C=O) groups excluding carboxylic acids is 1. The molecular formula is C24H24ClN3O4S. The average Bonchev–Trinajstić information content (AvgIpc) is 2.75. The summed E-state index contributed by atoms with van der Waals surface area (Å²) in [5, 5.41) is 17.2. The summed E-state index contributed by atoms with van der Waals surface area (Å²) >= 11 is 6.22. The van der Waals surface area contributed by atoms with Crippen LogP contribution >= 0.6 is 11.6 Å². The minimum atomic E-state index is -3.81. The highest BCUT2D eigenvalue weighted by atomic mass is 35.5. The zero-order valence-corrected chi connectivity index (χ0v) is 19.8. The van der Waals surface area contributed by atoms with E-state index in [0.717, 1.165) is 17.5 Å². The maximum Gasteiger partial charge on any atom is 0.238 e. The first-order valence-electron chi connectivity index (χ1n) is 10.3. The Balaban J connectivity index is 1.76. The number of nitrogens with two attached hydrogens (primary N) is 1. The molecule has 0 aliphatic heterocycles. The van der Waals surface area contributed by atoms with Crippen LogP contribution in [0.25, 0.3) is 0 Å². The van der Waals surface area contributed by atoms with Crippen LogP contribution in [0.5, 0.6) is 5.75 Å². The van der Waals surface area contributed by atoms with E-state index in [0.29, 0.717) is 29.2 Å². The number of nitrogens with one attached hydrogen (secondary N) is 1. The Morgan fingerprint density at radius 3 is 2.70 bits per heavy atom. The molecule has 0 fully saturated rings. The summed E-state index contributed by atoms with van der Waals surface area (Å²) in [4.78, 5) is 11.4. The van der Waals surface area contributed by atoms with Crippen molar-refractivity contribution in [3.05, 3.63) is 77.1 Å². The molecule has 3 rings (SSSR count). The van der Waals surface area contributed by atoms with Gasteiger partial charge in [-0.15, -0.1) is 0 Å². The maximum absolute atomic E-state index is 12.6. The van der Waals surface area contributed by atoms with E-state index in [1.165, 1.54) is 18.2 Å². The standard InChI is InChI=1S/C24H24ClN3O4S/c1-3-18-7-6-17(12-22(18)32-19-5-4-10-24(25,14-19)15-26)13-23(29)28-21-9-8-20(11-16(21)2)33(27,30)31/h4,6-12,14H,3,5,13H2,1-2H3,(H,28,29)(H2,27,30,31). The Hall–Kier alpha value is -3.12. The van der Waals surface area contributed by atoms with Crippen molar-refractivity contribution in [3.8, 4) is 11.8 Å². The number of alkyl halides is 1. The Labute approximate surface area is 198 Å². The van der Waals surface area contributed by atoms with Gasteiger partial charge >= 0.3 is 0 Å². The number of aryl methyl sites for hydroxylation is 2. The highest BCUT2D eigenvalue weighted by Crippen LogP contribution is 2.30. The fourth-order valence-corrected chi connectivity index (χ4v) is 4.21. The van der Waals surface area contributed by atoms with Crippen molar-refractivity contribution in [2.75, 3.05) is 5.32 Å². The van der Waals surface area contributed by atoms with Gasteiger partial charge in [-0.25, -0.2) is 13.6 Å². The molecule has 1 unspecified atom stereocenters. The lowest BCUT2D eigenvalue weighted by Gasteiger charge is -2.19. The second-order valence-corrected chi connectivity index (χ2v) is 9.93. The minimum absolute atomic E-state index is 0.0147. The van der Waals surface area contributed by atoms with E-state index in [-0.39, 0.29) is 17.2 Å². The van der Waals surface area contributed by atoms with Crippen molar-refractivity contribution in [3.63, 3.8) is 0 Å². The zero-order chi connectivity index (χ0) is 24.2. The summed E-state index contributed by atoms with van der Waals surface area (Å²) in [6.45, 7) is 3.69. The lowest BCUT2D eigenvalue weighted by Crippen LogP contribution is -2.17. The maximum atomic E-state index is 12.6. The third-order valence-corrected chi connectivity index (χ3v) is 6.37. The van der Waals surface area contributed by atoms with Crippen LogP contribution in [0.2, 0.25) is 0 Å². The second kappa shape index (κ2) is 9.79. The number of nitriles is 1. The number of ether oxygens (including phenoxy) is 1. The second-order valence-electron chi connectivity index (χ2n) is 7.74. The molecule has 0 saturated heterocycles. The van der Waals surface area contributed by atoms with Crippen LogP contribution < -0.4 is 15.2 Å². The molecule has 0 spiro atoms. The molecule has 0 aromatic heterocycles. The van der Waals surface area contributed by atoms with Crippen molar-refractivity contribution in [2.24, 2.45) is 5.14 Å². The Bertz CT molecular complexity index is 1300. The van der Waals surface area contributed by atoms with Gasteiger partial charge in [0.1, 0.15) is 11.5 Å². The van der Waals surface area contributed by atoms with Gasteiger partial charge in [0.2, 0.25) is 15.9 Å². The van der Waals surface area contributed by atoms with Crippen molar-refractivity contribution in [2.45, 2.75) is 42.9 Å². The van der Waals surface area contributed by atoms with Crippen molar-refractivity contribution in [1.82, 2.24) is 0 Å². The van der Waals surface area contributed by atoms with Gasteiger partial charge in [-0.1, -0.05) is 36.7 Å². The highest BCUT2D eigenvalue weighted by Gasteiger charge is 2.25. The zero-order valence-electron chi connectivity index (χ0n) is 18.3. The lowest BCUT2D eigenvalue weighted by atomic mass is 10.0. The average molecular weight is 486 g/mol. The third kappa shape index (κ3) is 6.23. The smallest absolute Gasteiger partial charge is 0.238 e. The Kier molecular flexibility index (Phi) is 7.28. The molecule has 9 heteroatoms. The molecular weight excluding hydrogens is 462 g/mol. The quantitative estimate of drug-likeness (QED) is 0.451. The molecule has 1 aliphatic rings. The number of primary sulfonamides is 1. The highest BCUT2D eigenvalue weighted by molar-refractivity contribution is 7.89. The Morgan fingerprint density at radius 2 is 2.06 bits per heavy atom. The molecule has 1 aliphatic carbocycles. The van der Waals surface area contributed by atoms with Gasteiger partial charge in [-0.05, 0) is 66.5 Å². The van der Waals surface area contributed by atoms with Crippen LogP contribution in [0, 0.1) is 18.3 Å². The van der Waals surface area contributed by atoms with Gasteiger partial charge in [0, 0.05) is 12.1 Å². The molecule has 7 nitrogen and oxygen atoms in total. The number of hydrogen-bond donors (Lipinski definition) is 2. The number of halogens is 1. The van der Waals surface area contributed by atoms with Crippen LogP contribution in [-0.4, -0.2) is 19.2 Å². The number of allylic oxidation sites excluding steroid dienone is 3. The van der Waals surface area contributed by atoms with Crippen LogP contribution in [0.3, 0.4) is 0 Å². The van der Waals surface area contributed by atoms with Crippen LogP contribution in [0.15, 0.2) is 65.3 Å². The van der Waals surface area contributed by atoms with Crippen molar-refractivity contribution < 1.29 is 17.9 Å². The number of benzene rings is 2. The molecule has 0 saturated carbocycles. The third-order valence-electron chi connectivity index (χ3n) is 5.14. The SMILES string of the molecule is CCc1ccc(CC(=O)Nc2ccc(S(N)(=O)=O)cc2C)cc1OC1=CC(Cl)(C#N)C=CC1. The van der Waals surface area contributed by atoms with Crippen molar-refractivity contribution >= 4 is 33.2 Å². The van der Waals surface area contributed by atoms with Gasteiger partial charge in [0.25, 0.3) is 0 Å².